The van der Waals surface area contributed by atoms with Gasteiger partial charge in [-0.2, -0.15) is 0 Å². The van der Waals surface area contributed by atoms with E-state index in [4.69, 9.17) is 4.84 Å². The second kappa shape index (κ2) is 7.05. The van der Waals surface area contributed by atoms with Crippen molar-refractivity contribution in [2.75, 3.05) is 6.54 Å². The van der Waals surface area contributed by atoms with Crippen molar-refractivity contribution in [2.45, 2.75) is 18.9 Å². The Morgan fingerprint density at radius 2 is 1.91 bits per heavy atom. The van der Waals surface area contributed by atoms with E-state index in [1.54, 1.807) is 18.2 Å². The third-order valence-electron chi connectivity index (χ3n) is 3.72. The molecule has 5 heteroatoms. The Labute approximate surface area is 134 Å². The summed E-state index contributed by atoms with van der Waals surface area (Å²) in [6.45, 7) is 0.361. The normalized spacial score (nSPS) is 16.6. The molecule has 0 radical (unpaired) electrons. The van der Waals surface area contributed by atoms with E-state index in [0.29, 0.717) is 24.9 Å². The number of carbonyl (C=O) groups is 1. The van der Waals surface area contributed by atoms with E-state index in [9.17, 15) is 9.18 Å². The summed E-state index contributed by atoms with van der Waals surface area (Å²) in [7, 11) is 0. The molecule has 1 heterocycles. The number of nitrogens with one attached hydrogen (secondary N) is 1. The molecule has 2 aromatic rings. The third-order valence-corrected chi connectivity index (χ3v) is 3.72. The number of amides is 1. The van der Waals surface area contributed by atoms with E-state index in [0.717, 1.165) is 11.3 Å². The molecule has 2 aromatic carbocycles. The van der Waals surface area contributed by atoms with Gasteiger partial charge in [-0.05, 0) is 23.6 Å². The lowest BCUT2D eigenvalue weighted by atomic mass is 10.0. The first kappa shape index (κ1) is 15.2. The first-order valence-corrected chi connectivity index (χ1v) is 7.53. The zero-order chi connectivity index (χ0) is 16.1. The molecule has 0 aromatic heterocycles. The summed E-state index contributed by atoms with van der Waals surface area (Å²) in [5.41, 5.74) is 2.30. The van der Waals surface area contributed by atoms with Gasteiger partial charge in [-0.25, -0.2) is 4.39 Å². The first-order chi connectivity index (χ1) is 11.2. The lowest BCUT2D eigenvalue weighted by Gasteiger charge is -2.09. The van der Waals surface area contributed by atoms with Crippen LogP contribution in [0.15, 0.2) is 59.8 Å². The van der Waals surface area contributed by atoms with Gasteiger partial charge < -0.3 is 10.2 Å². The maximum Gasteiger partial charge on any atom is 0.264 e. The van der Waals surface area contributed by atoms with Crippen molar-refractivity contribution in [2.24, 2.45) is 5.16 Å². The number of rotatable bonds is 5. The Bertz CT molecular complexity index is 716. The van der Waals surface area contributed by atoms with Gasteiger partial charge in [0.2, 0.25) is 6.10 Å². The molecule has 23 heavy (non-hydrogen) atoms. The van der Waals surface area contributed by atoms with E-state index < -0.39 is 6.10 Å². The molecule has 1 aliphatic rings. The van der Waals surface area contributed by atoms with Crippen LogP contribution < -0.4 is 5.32 Å². The Morgan fingerprint density at radius 1 is 1.17 bits per heavy atom. The predicted molar refractivity (Wildman–Crippen MR) is 85.6 cm³/mol. The molecule has 4 nitrogen and oxygen atoms in total. The van der Waals surface area contributed by atoms with Gasteiger partial charge in [-0.3, -0.25) is 4.79 Å². The van der Waals surface area contributed by atoms with Gasteiger partial charge >= 0.3 is 0 Å². The van der Waals surface area contributed by atoms with Crippen LogP contribution in [0.4, 0.5) is 4.39 Å². The fourth-order valence-corrected chi connectivity index (χ4v) is 2.45. The highest BCUT2D eigenvalue weighted by atomic mass is 19.1. The van der Waals surface area contributed by atoms with Crippen LogP contribution in [0, 0.1) is 5.82 Å². The molecular formula is C18H17FN2O2. The highest BCUT2D eigenvalue weighted by Gasteiger charge is 2.28. The van der Waals surface area contributed by atoms with Crippen LogP contribution in [0.2, 0.25) is 0 Å². The lowest BCUT2D eigenvalue weighted by Crippen LogP contribution is -2.36. The summed E-state index contributed by atoms with van der Waals surface area (Å²) in [5, 5.41) is 6.75. The Kier molecular flexibility index (Phi) is 4.66. The van der Waals surface area contributed by atoms with Crippen LogP contribution in [0.25, 0.3) is 0 Å². The van der Waals surface area contributed by atoms with Crippen molar-refractivity contribution in [1.29, 1.82) is 0 Å². The van der Waals surface area contributed by atoms with E-state index in [2.05, 4.69) is 10.5 Å². The quantitative estimate of drug-likeness (QED) is 0.923. The Morgan fingerprint density at radius 3 is 2.70 bits per heavy atom. The minimum atomic E-state index is -0.620. The van der Waals surface area contributed by atoms with Crippen molar-refractivity contribution in [3.8, 4) is 0 Å². The number of halogens is 1. The predicted octanol–water partition coefficient (Wildman–Crippen LogP) is 2.68. The van der Waals surface area contributed by atoms with Crippen LogP contribution in [0.3, 0.4) is 0 Å². The standard InChI is InChI=1S/C18H17FN2O2/c19-15-9-5-4-6-13(15)10-11-20-18(22)17-12-16(21-23-17)14-7-2-1-3-8-14/h1-9,17H,10-12H2,(H,20,22). The van der Waals surface area contributed by atoms with Gasteiger partial charge in [0.05, 0.1) is 5.71 Å². The summed E-state index contributed by atoms with van der Waals surface area (Å²) in [5.74, 6) is -0.482. The maximum atomic E-state index is 13.5. The monoisotopic (exact) mass is 312 g/mol. The van der Waals surface area contributed by atoms with Gasteiger partial charge in [0.25, 0.3) is 5.91 Å². The van der Waals surface area contributed by atoms with Gasteiger partial charge in [0.15, 0.2) is 0 Å². The highest BCUT2D eigenvalue weighted by molar-refractivity contribution is 6.04. The fourth-order valence-electron chi connectivity index (χ4n) is 2.45. The van der Waals surface area contributed by atoms with Gasteiger partial charge in [0.1, 0.15) is 5.82 Å². The summed E-state index contributed by atoms with van der Waals surface area (Å²) in [4.78, 5) is 17.3. The minimum absolute atomic E-state index is 0.226. The number of benzene rings is 2. The fraction of sp³-hybridized carbons (Fsp3) is 0.222. The minimum Gasteiger partial charge on any atom is -0.382 e. The largest absolute Gasteiger partial charge is 0.382 e. The van der Waals surface area contributed by atoms with Gasteiger partial charge in [0, 0.05) is 13.0 Å². The zero-order valence-electron chi connectivity index (χ0n) is 12.5. The second-order valence-electron chi connectivity index (χ2n) is 5.33. The first-order valence-electron chi connectivity index (χ1n) is 7.53. The zero-order valence-corrected chi connectivity index (χ0v) is 12.5. The van der Waals surface area contributed by atoms with Crippen molar-refractivity contribution >= 4 is 11.6 Å². The number of hydrogen-bond acceptors (Lipinski definition) is 3. The Hall–Kier alpha value is -2.69. The molecule has 1 amide bonds. The Balaban J connectivity index is 1.48. The smallest absolute Gasteiger partial charge is 0.264 e. The average Bonchev–Trinajstić information content (AvgIpc) is 3.07. The van der Waals surface area contributed by atoms with Crippen LogP contribution in [0.1, 0.15) is 17.5 Å². The van der Waals surface area contributed by atoms with Crippen LogP contribution in [0.5, 0.6) is 0 Å². The number of carbonyl (C=O) groups excluding carboxylic acids is 1. The number of oxime groups is 1. The highest BCUT2D eigenvalue weighted by Crippen LogP contribution is 2.16. The molecule has 0 bridgehead atoms. The van der Waals surface area contributed by atoms with E-state index in [1.165, 1.54) is 6.07 Å². The molecule has 1 unspecified atom stereocenters. The number of nitrogens with zero attached hydrogens (tertiary/aromatic N) is 1. The van der Waals surface area contributed by atoms with Crippen LogP contribution in [-0.4, -0.2) is 24.3 Å². The summed E-state index contributed by atoms with van der Waals surface area (Å²) in [6.07, 6.45) is 0.262. The summed E-state index contributed by atoms with van der Waals surface area (Å²) < 4.78 is 13.5. The summed E-state index contributed by atoms with van der Waals surface area (Å²) >= 11 is 0. The van der Waals surface area contributed by atoms with Crippen molar-refractivity contribution in [3.05, 3.63) is 71.5 Å². The third kappa shape index (κ3) is 3.74. The van der Waals surface area contributed by atoms with Crippen molar-refractivity contribution < 1.29 is 14.0 Å². The molecule has 1 aliphatic heterocycles. The topological polar surface area (TPSA) is 50.7 Å². The molecule has 0 aliphatic carbocycles. The van der Waals surface area contributed by atoms with E-state index in [1.807, 2.05) is 30.3 Å². The maximum absolute atomic E-state index is 13.5. The molecular weight excluding hydrogens is 295 g/mol. The average molecular weight is 312 g/mol. The molecule has 0 spiro atoms. The molecule has 3 rings (SSSR count). The van der Waals surface area contributed by atoms with Crippen molar-refractivity contribution in [1.82, 2.24) is 5.32 Å². The molecule has 1 atom stereocenters. The van der Waals surface area contributed by atoms with Crippen molar-refractivity contribution in [3.63, 3.8) is 0 Å². The van der Waals surface area contributed by atoms with Gasteiger partial charge in [-0.15, -0.1) is 0 Å². The van der Waals surface area contributed by atoms with E-state index >= 15 is 0 Å². The summed E-state index contributed by atoms with van der Waals surface area (Å²) in [6, 6.07) is 16.2. The lowest BCUT2D eigenvalue weighted by molar-refractivity contribution is -0.131. The van der Waals surface area contributed by atoms with Crippen LogP contribution in [-0.2, 0) is 16.1 Å². The molecule has 0 saturated heterocycles. The molecule has 0 saturated carbocycles. The van der Waals surface area contributed by atoms with Gasteiger partial charge in [-0.1, -0.05) is 53.7 Å². The second-order valence-corrected chi connectivity index (χ2v) is 5.33. The SMILES string of the molecule is O=C(NCCc1ccccc1F)C1CC(c2ccccc2)=NO1. The van der Waals surface area contributed by atoms with Crippen LogP contribution >= 0.6 is 0 Å². The molecule has 1 N–H and O–H groups in total. The molecule has 0 fully saturated rings. The molecule has 118 valence electrons. The van der Waals surface area contributed by atoms with E-state index in [-0.39, 0.29) is 11.7 Å². The number of hydrogen-bond donors (Lipinski definition) is 1.